The number of nitriles is 1. The van der Waals surface area contributed by atoms with Crippen LogP contribution in [0.15, 0.2) is 29.3 Å². The molecule has 2 aromatic heterocycles. The van der Waals surface area contributed by atoms with Crippen molar-refractivity contribution in [3.8, 4) is 6.07 Å². The van der Waals surface area contributed by atoms with Crippen LogP contribution in [0, 0.1) is 23.1 Å². The number of esters is 2. The summed E-state index contributed by atoms with van der Waals surface area (Å²) in [7, 11) is 0. The summed E-state index contributed by atoms with van der Waals surface area (Å²) >= 11 is 7.08. The number of carbonyl (C=O) groups excluding carboxylic acids is 2. The molecular weight excluding hydrogens is 484 g/mol. The predicted molar refractivity (Wildman–Crippen MR) is 115 cm³/mol. The van der Waals surface area contributed by atoms with Crippen LogP contribution >= 0.6 is 22.9 Å². The smallest absolute Gasteiger partial charge is 0.471 e. The molecule has 12 heteroatoms. The van der Waals surface area contributed by atoms with Gasteiger partial charge in [0.1, 0.15) is 5.56 Å². The molecule has 0 amide bonds. The van der Waals surface area contributed by atoms with Gasteiger partial charge in [-0.05, 0) is 19.4 Å². The molecule has 0 saturated heterocycles. The summed E-state index contributed by atoms with van der Waals surface area (Å²) in [4.78, 5) is 42.0. The second-order valence-corrected chi connectivity index (χ2v) is 8.05. The summed E-state index contributed by atoms with van der Waals surface area (Å²) in [5.41, 5.74) is -1.15. The molecule has 166 valence electrons. The number of pyridine rings is 1. The van der Waals surface area contributed by atoms with Gasteiger partial charge in [-0.1, -0.05) is 17.7 Å². The summed E-state index contributed by atoms with van der Waals surface area (Å²) in [5.74, 6) is -3.36. The van der Waals surface area contributed by atoms with E-state index >= 15 is 0 Å². The van der Waals surface area contributed by atoms with Crippen LogP contribution in [-0.2, 0) is 20.8 Å². The van der Waals surface area contributed by atoms with Gasteiger partial charge in [-0.3, -0.25) is 14.0 Å². The van der Waals surface area contributed by atoms with Crippen molar-refractivity contribution in [2.24, 2.45) is 0 Å². The van der Waals surface area contributed by atoms with Crippen LogP contribution in [0.3, 0.4) is 0 Å². The minimum atomic E-state index is -0.987. The van der Waals surface area contributed by atoms with Gasteiger partial charge < -0.3 is 14.0 Å². The van der Waals surface area contributed by atoms with E-state index < -0.39 is 29.1 Å². The molecular formula is C21H16ClFN3NaO5S. The molecule has 0 bridgehead atoms. The first-order chi connectivity index (χ1) is 15.3. The second-order valence-electron chi connectivity index (χ2n) is 6.36. The topological polar surface area (TPSA) is 111 Å². The SMILES string of the molecule is CCOC(=O)c1cn(Cc2cnc(Cl)s2)c2cc([C-](C#N)C(=O)OCC)c(F)cc2c1=O.[Na+]. The molecule has 0 radical (unpaired) electrons. The van der Waals surface area contributed by atoms with Crippen molar-refractivity contribution in [2.75, 3.05) is 13.2 Å². The van der Waals surface area contributed by atoms with Gasteiger partial charge in [0.2, 0.25) is 5.43 Å². The van der Waals surface area contributed by atoms with Gasteiger partial charge in [-0.2, -0.15) is 0 Å². The number of halogens is 2. The molecule has 8 nitrogen and oxygen atoms in total. The van der Waals surface area contributed by atoms with Gasteiger partial charge in [0.25, 0.3) is 5.97 Å². The molecule has 1 aromatic carbocycles. The zero-order chi connectivity index (χ0) is 23.4. The minimum Gasteiger partial charge on any atom is -0.471 e. The van der Waals surface area contributed by atoms with Gasteiger partial charge in [-0.25, -0.2) is 15.0 Å². The van der Waals surface area contributed by atoms with Crippen LogP contribution in [0.2, 0.25) is 4.47 Å². The van der Waals surface area contributed by atoms with E-state index in [-0.39, 0.29) is 71.3 Å². The standard InChI is InChI=1S/C21H16ClFN3O5S.Na/c1-3-30-19(28)14(7-24)12-6-17-13(5-16(12)23)18(27)15(20(29)31-4-2)10-26(17)9-11-8-25-21(22)32-11;/h5-6,8,10H,3-4,9H2,1-2H3;/q-1;+1. The summed E-state index contributed by atoms with van der Waals surface area (Å²) in [6, 6.07) is 3.76. The molecule has 2 heterocycles. The quantitative estimate of drug-likeness (QED) is 0.264. The van der Waals surface area contributed by atoms with Crippen molar-refractivity contribution in [2.45, 2.75) is 20.4 Å². The van der Waals surface area contributed by atoms with Crippen molar-refractivity contribution in [3.05, 3.63) is 67.0 Å². The molecule has 3 rings (SSSR count). The fourth-order valence-corrected chi connectivity index (χ4v) is 4.01. The molecule has 3 aromatic rings. The number of hydrogen-bond acceptors (Lipinski definition) is 8. The molecule has 0 aliphatic rings. The normalized spacial score (nSPS) is 10.3. The number of carbonyl (C=O) groups is 2. The van der Waals surface area contributed by atoms with Crippen LogP contribution in [0.4, 0.5) is 4.39 Å². The Balaban J connectivity index is 0.00000385. The van der Waals surface area contributed by atoms with E-state index in [0.29, 0.717) is 9.34 Å². The molecule has 0 fully saturated rings. The molecule has 0 aliphatic heterocycles. The third-order valence-electron chi connectivity index (χ3n) is 4.38. The number of nitrogens with zero attached hydrogens (tertiary/aromatic N) is 3. The van der Waals surface area contributed by atoms with Gasteiger partial charge in [0, 0.05) is 40.5 Å². The molecule has 0 aliphatic carbocycles. The Hall–Kier alpha value is -2.42. The van der Waals surface area contributed by atoms with E-state index in [4.69, 9.17) is 21.1 Å². The van der Waals surface area contributed by atoms with Gasteiger partial charge >= 0.3 is 35.5 Å². The molecule has 0 spiro atoms. The van der Waals surface area contributed by atoms with E-state index in [9.17, 15) is 24.0 Å². The number of thiazole rings is 1. The van der Waals surface area contributed by atoms with Crippen molar-refractivity contribution in [1.82, 2.24) is 9.55 Å². The van der Waals surface area contributed by atoms with Crippen LogP contribution in [0.5, 0.6) is 0 Å². The van der Waals surface area contributed by atoms with Crippen molar-refractivity contribution in [3.63, 3.8) is 0 Å². The minimum absolute atomic E-state index is 0. The van der Waals surface area contributed by atoms with E-state index in [1.54, 1.807) is 19.9 Å². The van der Waals surface area contributed by atoms with E-state index in [1.807, 2.05) is 0 Å². The Morgan fingerprint density at radius 3 is 2.58 bits per heavy atom. The van der Waals surface area contributed by atoms with Crippen molar-refractivity contribution in [1.29, 1.82) is 5.26 Å². The van der Waals surface area contributed by atoms with Crippen LogP contribution in [-0.4, -0.2) is 34.7 Å². The first kappa shape index (κ1) is 26.8. The van der Waals surface area contributed by atoms with Crippen molar-refractivity contribution < 1.29 is 53.0 Å². The average molecular weight is 500 g/mol. The van der Waals surface area contributed by atoms with Gasteiger partial charge in [0.05, 0.1) is 19.8 Å². The maximum absolute atomic E-state index is 14.9. The fourth-order valence-electron chi connectivity index (χ4n) is 3.03. The van der Waals surface area contributed by atoms with Crippen LogP contribution < -0.4 is 35.0 Å². The Bertz CT molecular complexity index is 1300. The summed E-state index contributed by atoms with van der Waals surface area (Å²) in [6.45, 7) is 3.34. The molecule has 33 heavy (non-hydrogen) atoms. The van der Waals surface area contributed by atoms with Crippen molar-refractivity contribution >= 4 is 45.8 Å². The molecule has 0 atom stereocenters. The Morgan fingerprint density at radius 2 is 2.00 bits per heavy atom. The molecule has 0 N–H and O–H groups in total. The van der Waals surface area contributed by atoms with E-state index in [1.165, 1.54) is 34.4 Å². The Kier molecular flexibility index (Phi) is 9.46. The maximum atomic E-state index is 14.9. The van der Waals surface area contributed by atoms with E-state index in [2.05, 4.69) is 4.98 Å². The van der Waals surface area contributed by atoms with E-state index in [0.717, 1.165) is 6.07 Å². The first-order valence-corrected chi connectivity index (χ1v) is 10.6. The molecule has 0 unspecified atom stereocenters. The first-order valence-electron chi connectivity index (χ1n) is 9.39. The number of rotatable bonds is 7. The van der Waals surface area contributed by atoms with Gasteiger partial charge in [0.15, 0.2) is 4.47 Å². The summed E-state index contributed by atoms with van der Waals surface area (Å²) in [6.07, 6.45) is 2.81. The number of fused-ring (bicyclic) bond motifs is 1. The number of aromatic nitrogens is 2. The number of ether oxygens (including phenoxy) is 2. The Labute approximate surface area is 219 Å². The second kappa shape index (κ2) is 11.6. The Morgan fingerprint density at radius 1 is 1.30 bits per heavy atom. The fraction of sp³-hybridized carbons (Fsp3) is 0.238. The third kappa shape index (κ3) is 5.75. The maximum Gasteiger partial charge on any atom is 1.00 e. The number of hydrogen-bond donors (Lipinski definition) is 0. The van der Waals surface area contributed by atoms with Crippen LogP contribution in [0.1, 0.15) is 34.6 Å². The molecule has 0 saturated carbocycles. The average Bonchev–Trinajstić information content (AvgIpc) is 3.16. The number of benzene rings is 1. The predicted octanol–water partition coefficient (Wildman–Crippen LogP) is 0.489. The van der Waals surface area contributed by atoms with Crippen LogP contribution in [0.25, 0.3) is 10.9 Å². The third-order valence-corrected chi connectivity index (χ3v) is 5.48. The van der Waals surface area contributed by atoms with Gasteiger partial charge in [-0.15, -0.1) is 23.0 Å². The summed E-state index contributed by atoms with van der Waals surface area (Å²) < 4.78 is 26.5. The monoisotopic (exact) mass is 499 g/mol. The zero-order valence-electron chi connectivity index (χ0n) is 18.0. The summed E-state index contributed by atoms with van der Waals surface area (Å²) in [5, 5.41) is 9.29. The zero-order valence-corrected chi connectivity index (χ0v) is 21.6. The largest absolute Gasteiger partial charge is 1.00 e.